The highest BCUT2D eigenvalue weighted by molar-refractivity contribution is 7.18. The molecule has 1 aromatic carbocycles. The molecule has 1 aliphatic rings. The zero-order chi connectivity index (χ0) is 28.7. The van der Waals surface area contributed by atoms with Crippen LogP contribution < -0.4 is 9.64 Å². The van der Waals surface area contributed by atoms with Gasteiger partial charge < -0.3 is 18.9 Å². The molecule has 214 valence electrons. The van der Waals surface area contributed by atoms with Gasteiger partial charge in [-0.25, -0.2) is 14.4 Å². The topological polar surface area (TPSA) is 91.4 Å². The summed E-state index contributed by atoms with van der Waals surface area (Å²) in [7, 11) is 1.30. The number of hydrogen-bond acceptors (Lipinski definition) is 8. The molecule has 39 heavy (non-hydrogen) atoms. The predicted molar refractivity (Wildman–Crippen MR) is 153 cm³/mol. The van der Waals surface area contributed by atoms with Crippen LogP contribution in [0, 0.1) is 12.8 Å². The molecule has 1 aliphatic carbocycles. The third kappa shape index (κ3) is 8.46. The quantitative estimate of drug-likeness (QED) is 0.238. The van der Waals surface area contributed by atoms with Crippen LogP contribution in [0.25, 0.3) is 10.4 Å². The number of ether oxygens (including phenoxy) is 4. The number of thiophene rings is 1. The summed E-state index contributed by atoms with van der Waals surface area (Å²) in [6.07, 6.45) is 5.17. The molecule has 0 aliphatic heterocycles. The van der Waals surface area contributed by atoms with Crippen LogP contribution in [0.1, 0.15) is 82.0 Å². The average molecular weight is 560 g/mol. The van der Waals surface area contributed by atoms with E-state index in [1.165, 1.54) is 37.7 Å². The molecule has 1 amide bonds. The summed E-state index contributed by atoms with van der Waals surface area (Å²) in [5.41, 5.74) is 1.59. The van der Waals surface area contributed by atoms with E-state index in [2.05, 4.69) is 0 Å². The number of hydrogen-bond donors (Lipinski definition) is 0. The Hall–Kier alpha value is -3.07. The fraction of sp³-hybridized carbons (Fsp3) is 0.567. The van der Waals surface area contributed by atoms with E-state index in [-0.39, 0.29) is 29.4 Å². The van der Waals surface area contributed by atoms with Gasteiger partial charge in [-0.1, -0.05) is 31.4 Å². The van der Waals surface area contributed by atoms with Crippen LogP contribution in [0.2, 0.25) is 0 Å². The molecule has 1 saturated carbocycles. The highest BCUT2D eigenvalue weighted by Crippen LogP contribution is 2.43. The van der Waals surface area contributed by atoms with Crippen molar-refractivity contribution in [2.24, 2.45) is 5.92 Å². The normalized spacial score (nSPS) is 14.2. The lowest BCUT2D eigenvalue weighted by atomic mass is 9.89. The fourth-order valence-corrected chi connectivity index (χ4v) is 5.84. The Balaban J connectivity index is 1.95. The third-order valence-electron chi connectivity index (χ3n) is 6.36. The van der Waals surface area contributed by atoms with E-state index in [1.807, 2.05) is 45.0 Å². The largest absolute Gasteiger partial charge is 0.480 e. The number of anilines is 1. The summed E-state index contributed by atoms with van der Waals surface area (Å²) in [5.74, 6) is -0.376. The molecular formula is C30H41NO7S. The summed E-state index contributed by atoms with van der Waals surface area (Å²) in [4.78, 5) is 40.8. The van der Waals surface area contributed by atoms with E-state index in [9.17, 15) is 14.4 Å². The maximum absolute atomic E-state index is 13.2. The lowest BCUT2D eigenvalue weighted by Gasteiger charge is -2.30. The average Bonchev–Trinajstić information content (AvgIpc) is 3.20. The monoisotopic (exact) mass is 559 g/mol. The Morgan fingerprint density at radius 1 is 1.10 bits per heavy atom. The molecule has 1 fully saturated rings. The molecule has 0 radical (unpaired) electrons. The molecule has 0 atom stereocenters. The van der Waals surface area contributed by atoms with Gasteiger partial charge >= 0.3 is 18.0 Å². The standard InChI is InChI=1S/C30H41NO7S/c1-19(2)37-29(34)31(17-21-12-9-8-10-13-21)23-15-11-14-22(16-23)26-20(3)25(27(39-26)28(33)35-7)36-18-24(32)38-30(4,5)6/h11,14-16,19,21H,8-10,12-13,17-18H2,1-7H3. The van der Waals surface area contributed by atoms with Crippen LogP contribution in [0.4, 0.5) is 10.5 Å². The van der Waals surface area contributed by atoms with Crippen LogP contribution in [-0.2, 0) is 19.0 Å². The molecule has 3 rings (SSSR count). The number of rotatable bonds is 9. The molecule has 9 heteroatoms. The smallest absolute Gasteiger partial charge is 0.414 e. The van der Waals surface area contributed by atoms with Crippen molar-refractivity contribution < 1.29 is 33.3 Å². The fourth-order valence-electron chi connectivity index (χ4n) is 4.67. The lowest BCUT2D eigenvalue weighted by molar-refractivity contribution is -0.157. The van der Waals surface area contributed by atoms with E-state index in [0.717, 1.165) is 29.0 Å². The predicted octanol–water partition coefficient (Wildman–Crippen LogP) is 7.16. The van der Waals surface area contributed by atoms with Gasteiger partial charge in [-0.15, -0.1) is 11.3 Å². The lowest BCUT2D eigenvalue weighted by Crippen LogP contribution is -2.37. The third-order valence-corrected chi connectivity index (χ3v) is 7.66. The Labute approximate surface area is 235 Å². The molecule has 8 nitrogen and oxygen atoms in total. The van der Waals surface area contributed by atoms with Crippen LogP contribution >= 0.6 is 11.3 Å². The van der Waals surface area contributed by atoms with E-state index in [1.54, 1.807) is 25.7 Å². The second-order valence-corrected chi connectivity index (χ2v) is 12.2. The first-order valence-electron chi connectivity index (χ1n) is 13.5. The number of carbonyl (C=O) groups excluding carboxylic acids is 3. The summed E-state index contributed by atoms with van der Waals surface area (Å²) in [5, 5.41) is 0. The molecule has 0 spiro atoms. The van der Waals surface area contributed by atoms with Crippen LogP contribution in [-0.4, -0.2) is 50.0 Å². The van der Waals surface area contributed by atoms with Gasteiger partial charge in [-0.05, 0) is 78.0 Å². The molecule has 0 bridgehead atoms. The maximum atomic E-state index is 13.2. The van der Waals surface area contributed by atoms with Crippen molar-refractivity contribution in [2.75, 3.05) is 25.2 Å². The van der Waals surface area contributed by atoms with Gasteiger partial charge in [0.25, 0.3) is 0 Å². The molecule has 0 saturated heterocycles. The summed E-state index contributed by atoms with van der Waals surface area (Å²) < 4.78 is 21.7. The summed E-state index contributed by atoms with van der Waals surface area (Å²) >= 11 is 1.23. The van der Waals surface area contributed by atoms with E-state index in [4.69, 9.17) is 18.9 Å². The number of amides is 1. The number of benzene rings is 1. The van der Waals surface area contributed by atoms with Gasteiger partial charge in [0, 0.05) is 22.7 Å². The van der Waals surface area contributed by atoms with E-state index in [0.29, 0.717) is 18.0 Å². The van der Waals surface area contributed by atoms with Crippen molar-refractivity contribution in [2.45, 2.75) is 85.4 Å². The van der Waals surface area contributed by atoms with Crippen LogP contribution in [0.5, 0.6) is 5.75 Å². The van der Waals surface area contributed by atoms with Crippen LogP contribution in [0.3, 0.4) is 0 Å². The summed E-state index contributed by atoms with van der Waals surface area (Å²) in [6.45, 7) is 11.1. The highest BCUT2D eigenvalue weighted by atomic mass is 32.1. The zero-order valence-electron chi connectivity index (χ0n) is 24.1. The minimum atomic E-state index is -0.652. The first kappa shape index (κ1) is 30.5. The van der Waals surface area contributed by atoms with Crippen molar-refractivity contribution in [3.8, 4) is 16.2 Å². The van der Waals surface area contributed by atoms with Gasteiger partial charge in [-0.3, -0.25) is 4.90 Å². The van der Waals surface area contributed by atoms with Crippen LogP contribution in [0.15, 0.2) is 24.3 Å². The first-order chi connectivity index (χ1) is 18.4. The van der Waals surface area contributed by atoms with Crippen molar-refractivity contribution in [3.05, 3.63) is 34.7 Å². The highest BCUT2D eigenvalue weighted by Gasteiger charge is 2.27. The number of methoxy groups -OCH3 is 1. The minimum Gasteiger partial charge on any atom is -0.480 e. The Morgan fingerprint density at radius 3 is 2.41 bits per heavy atom. The van der Waals surface area contributed by atoms with Gasteiger partial charge in [0.15, 0.2) is 11.5 Å². The molecule has 1 aromatic heterocycles. The van der Waals surface area contributed by atoms with Crippen molar-refractivity contribution in [1.82, 2.24) is 0 Å². The number of carbonyl (C=O) groups is 3. The van der Waals surface area contributed by atoms with Gasteiger partial charge in [0.1, 0.15) is 11.4 Å². The van der Waals surface area contributed by atoms with E-state index < -0.39 is 17.5 Å². The van der Waals surface area contributed by atoms with Crippen molar-refractivity contribution in [1.29, 1.82) is 0 Å². The van der Waals surface area contributed by atoms with Gasteiger partial charge in [0.2, 0.25) is 0 Å². The second-order valence-electron chi connectivity index (χ2n) is 11.2. The van der Waals surface area contributed by atoms with Gasteiger partial charge in [-0.2, -0.15) is 0 Å². The SMILES string of the molecule is COC(=O)c1sc(-c2cccc(N(CC3CCCCC3)C(=O)OC(C)C)c2)c(C)c1OCC(=O)OC(C)(C)C. The molecule has 2 aromatic rings. The molecular weight excluding hydrogens is 518 g/mol. The van der Waals surface area contributed by atoms with E-state index >= 15 is 0 Å². The second kappa shape index (κ2) is 13.3. The number of nitrogens with zero attached hydrogens (tertiary/aromatic N) is 1. The van der Waals surface area contributed by atoms with Crippen molar-refractivity contribution in [3.63, 3.8) is 0 Å². The minimum absolute atomic E-state index is 0.235. The number of esters is 2. The molecule has 0 unspecified atom stereocenters. The summed E-state index contributed by atoms with van der Waals surface area (Å²) in [6, 6.07) is 7.65. The Bertz CT molecular complexity index is 1160. The molecule has 0 N–H and O–H groups in total. The Morgan fingerprint density at radius 2 is 1.79 bits per heavy atom. The molecule has 1 heterocycles. The maximum Gasteiger partial charge on any atom is 0.414 e. The van der Waals surface area contributed by atoms with Gasteiger partial charge in [0.05, 0.1) is 13.2 Å². The first-order valence-corrected chi connectivity index (χ1v) is 14.4. The zero-order valence-corrected chi connectivity index (χ0v) is 24.9. The van der Waals surface area contributed by atoms with Crippen molar-refractivity contribution >= 4 is 35.1 Å². The Kier molecular flexibility index (Phi) is 10.4.